The van der Waals surface area contributed by atoms with E-state index in [2.05, 4.69) is 28.5 Å². The molecule has 8 nitrogen and oxygen atoms in total. The highest BCUT2D eigenvalue weighted by Crippen LogP contribution is 2.40. The second-order valence-corrected chi connectivity index (χ2v) is 10.8. The first-order chi connectivity index (χ1) is 19.2. The van der Waals surface area contributed by atoms with Crippen molar-refractivity contribution in [2.45, 2.75) is 91.0 Å². The summed E-state index contributed by atoms with van der Waals surface area (Å²) in [5.41, 5.74) is 9.06. The molecular weight excluding hydrogens is 504 g/mol. The zero-order valence-corrected chi connectivity index (χ0v) is 24.3. The minimum absolute atomic E-state index is 0.0683. The van der Waals surface area contributed by atoms with Gasteiger partial charge in [-0.3, -0.25) is 14.5 Å². The van der Waals surface area contributed by atoms with Gasteiger partial charge in [-0.1, -0.05) is 32.1 Å². The standard InChI is InChI=1S/C30H36N4O4.C2H6/c1-4-37-25-13-11-20-15-21(25)18-34-27(35)16-22(32-29(34)31)9-7-5-6-8-19-10-12-26-23(14-19)24(33-28(20)36)17-30(2,3)38-26;1-2/h6,8,10-15,22,24H,4-5,7,9,16-18H2,1-3H3,(H2,31,32)(H,33,36);1-2H3/b8-6+;. The number of carbonyl (C=O) groups is 2. The van der Waals surface area contributed by atoms with Crippen LogP contribution in [0.1, 0.15) is 99.8 Å². The van der Waals surface area contributed by atoms with Crippen molar-refractivity contribution in [1.29, 1.82) is 0 Å². The Morgan fingerprint density at radius 2 is 1.98 bits per heavy atom. The zero-order valence-electron chi connectivity index (χ0n) is 24.3. The lowest BCUT2D eigenvalue weighted by atomic mass is 9.88. The summed E-state index contributed by atoms with van der Waals surface area (Å²) in [5, 5.41) is 3.24. The lowest BCUT2D eigenvalue weighted by Crippen LogP contribution is -2.46. The highest BCUT2D eigenvalue weighted by Gasteiger charge is 2.35. The molecule has 2 atom stereocenters. The number of nitrogens with two attached hydrogens (primary N) is 1. The van der Waals surface area contributed by atoms with Gasteiger partial charge >= 0.3 is 0 Å². The van der Waals surface area contributed by atoms with Gasteiger partial charge in [-0.05, 0) is 75.9 Å². The first-order valence-electron chi connectivity index (χ1n) is 14.4. The summed E-state index contributed by atoms with van der Waals surface area (Å²) in [6.07, 6.45) is 7.75. The Labute approximate surface area is 237 Å². The molecule has 0 radical (unpaired) electrons. The molecular formula is C32H42N4O4. The minimum atomic E-state index is -0.426. The summed E-state index contributed by atoms with van der Waals surface area (Å²) in [6.45, 7) is 10.6. The van der Waals surface area contributed by atoms with E-state index in [0.717, 1.165) is 36.1 Å². The van der Waals surface area contributed by atoms with E-state index in [0.29, 0.717) is 36.3 Å². The van der Waals surface area contributed by atoms with Gasteiger partial charge in [-0.25, -0.2) is 4.99 Å². The van der Waals surface area contributed by atoms with Crippen LogP contribution in [0.3, 0.4) is 0 Å². The molecule has 214 valence electrons. The molecule has 0 spiro atoms. The Morgan fingerprint density at radius 3 is 2.73 bits per heavy atom. The molecule has 0 saturated heterocycles. The molecule has 0 aromatic heterocycles. The van der Waals surface area contributed by atoms with Crippen LogP contribution in [0.15, 0.2) is 47.5 Å². The average molecular weight is 547 g/mol. The number of hydrogen-bond donors (Lipinski definition) is 2. The van der Waals surface area contributed by atoms with E-state index in [-0.39, 0.29) is 36.4 Å². The van der Waals surface area contributed by atoms with Crippen molar-refractivity contribution in [2.24, 2.45) is 10.7 Å². The van der Waals surface area contributed by atoms with E-state index >= 15 is 0 Å². The van der Waals surface area contributed by atoms with Gasteiger partial charge in [0.1, 0.15) is 17.1 Å². The van der Waals surface area contributed by atoms with Crippen LogP contribution >= 0.6 is 0 Å². The van der Waals surface area contributed by atoms with Crippen molar-refractivity contribution in [3.63, 3.8) is 0 Å². The smallest absolute Gasteiger partial charge is 0.251 e. The number of carbonyl (C=O) groups excluding carboxylic acids is 2. The second-order valence-electron chi connectivity index (χ2n) is 10.8. The Bertz CT molecular complexity index is 1300. The predicted molar refractivity (Wildman–Crippen MR) is 158 cm³/mol. The van der Waals surface area contributed by atoms with Gasteiger partial charge in [0.25, 0.3) is 5.91 Å². The largest absolute Gasteiger partial charge is 0.494 e. The molecule has 4 heterocycles. The maximum Gasteiger partial charge on any atom is 0.251 e. The monoisotopic (exact) mass is 546 g/mol. The van der Waals surface area contributed by atoms with Crippen LogP contribution in [0.5, 0.6) is 11.5 Å². The third kappa shape index (κ3) is 6.66. The van der Waals surface area contributed by atoms with E-state index in [4.69, 9.17) is 15.2 Å². The molecule has 4 aliphatic rings. The Morgan fingerprint density at radius 1 is 1.18 bits per heavy atom. The zero-order chi connectivity index (χ0) is 28.9. The van der Waals surface area contributed by atoms with Gasteiger partial charge in [0.15, 0.2) is 5.96 Å². The molecule has 3 N–H and O–H groups in total. The molecule has 8 heteroatoms. The minimum Gasteiger partial charge on any atom is -0.494 e. The van der Waals surface area contributed by atoms with Crippen LogP contribution in [-0.4, -0.2) is 40.9 Å². The lowest BCUT2D eigenvalue weighted by molar-refractivity contribution is -0.128. The summed E-state index contributed by atoms with van der Waals surface area (Å²) in [7, 11) is 0. The summed E-state index contributed by atoms with van der Waals surface area (Å²) in [4.78, 5) is 32.7. The molecule has 2 aromatic carbocycles. The van der Waals surface area contributed by atoms with Gasteiger partial charge in [-0.2, -0.15) is 0 Å². The number of allylic oxidation sites excluding steroid dienone is 1. The van der Waals surface area contributed by atoms with Gasteiger partial charge in [0.05, 0.1) is 25.2 Å². The number of guanidine groups is 1. The van der Waals surface area contributed by atoms with Crippen LogP contribution in [0.4, 0.5) is 0 Å². The number of hydrogen-bond acceptors (Lipinski definition) is 6. The average Bonchev–Trinajstić information content (AvgIpc) is 2.92. The summed E-state index contributed by atoms with van der Waals surface area (Å²) < 4.78 is 12.1. The number of fused-ring (bicyclic) bond motifs is 5. The molecule has 0 aliphatic carbocycles. The van der Waals surface area contributed by atoms with Gasteiger partial charge in [-0.15, -0.1) is 0 Å². The van der Waals surface area contributed by atoms with Gasteiger partial charge < -0.3 is 20.5 Å². The van der Waals surface area contributed by atoms with Crippen molar-refractivity contribution in [1.82, 2.24) is 10.2 Å². The number of nitrogens with one attached hydrogen (secondary N) is 1. The van der Waals surface area contributed by atoms with Crippen LogP contribution < -0.4 is 20.5 Å². The molecule has 2 amide bonds. The second kappa shape index (κ2) is 12.6. The van der Waals surface area contributed by atoms with E-state index in [1.54, 1.807) is 18.2 Å². The molecule has 4 aliphatic heterocycles. The molecule has 0 fully saturated rings. The number of ether oxygens (including phenoxy) is 2. The van der Waals surface area contributed by atoms with E-state index in [1.807, 2.05) is 46.8 Å². The predicted octanol–water partition coefficient (Wildman–Crippen LogP) is 5.76. The van der Waals surface area contributed by atoms with Crippen LogP contribution in [-0.2, 0) is 11.3 Å². The third-order valence-electron chi connectivity index (χ3n) is 7.27. The first-order valence-corrected chi connectivity index (χ1v) is 14.4. The van der Waals surface area contributed by atoms with Gasteiger partial charge in [0.2, 0.25) is 5.91 Å². The van der Waals surface area contributed by atoms with Crippen molar-refractivity contribution in [3.8, 4) is 11.5 Å². The van der Waals surface area contributed by atoms with E-state index in [1.165, 1.54) is 4.90 Å². The van der Waals surface area contributed by atoms with Crippen LogP contribution in [0.2, 0.25) is 0 Å². The van der Waals surface area contributed by atoms with E-state index in [9.17, 15) is 9.59 Å². The quantitative estimate of drug-likeness (QED) is 0.498. The Kier molecular flexibility index (Phi) is 9.17. The maximum absolute atomic E-state index is 13.5. The fourth-order valence-corrected chi connectivity index (χ4v) is 5.43. The molecule has 6 rings (SSSR count). The third-order valence-corrected chi connectivity index (χ3v) is 7.27. The van der Waals surface area contributed by atoms with Crippen LogP contribution in [0, 0.1) is 0 Å². The molecule has 6 bridgehead atoms. The van der Waals surface area contributed by atoms with Crippen LogP contribution in [0.25, 0.3) is 6.08 Å². The van der Waals surface area contributed by atoms with Crippen molar-refractivity contribution in [3.05, 3.63) is 64.7 Å². The highest BCUT2D eigenvalue weighted by atomic mass is 16.5. The van der Waals surface area contributed by atoms with E-state index < -0.39 is 5.60 Å². The maximum atomic E-state index is 13.5. The summed E-state index contributed by atoms with van der Waals surface area (Å²) >= 11 is 0. The van der Waals surface area contributed by atoms with Gasteiger partial charge in [0, 0.05) is 29.5 Å². The summed E-state index contributed by atoms with van der Waals surface area (Å²) in [5.74, 6) is 1.35. The number of rotatable bonds is 2. The SMILES string of the molecule is CC.CCOc1ccc2cc1CN1C(=O)CC(CCC/C=C/c3ccc4c(c3)C(CC(C)(C)O4)NC2=O)N=C1N. The highest BCUT2D eigenvalue weighted by molar-refractivity contribution is 5.99. The molecule has 2 aromatic rings. The lowest BCUT2D eigenvalue weighted by Gasteiger charge is -2.38. The fraction of sp³-hybridized carbons (Fsp3) is 0.469. The number of nitrogens with zero attached hydrogens (tertiary/aromatic N) is 2. The first kappa shape index (κ1) is 29.2. The molecule has 0 saturated carbocycles. The normalized spacial score (nSPS) is 22.7. The Hall–Kier alpha value is -3.81. The van der Waals surface area contributed by atoms with Crippen molar-refractivity contribution in [2.75, 3.05) is 6.61 Å². The van der Waals surface area contributed by atoms with Crippen molar-refractivity contribution < 1.29 is 19.1 Å². The Balaban J connectivity index is 0.00000181. The summed E-state index contributed by atoms with van der Waals surface area (Å²) in [6, 6.07) is 11.1. The topological polar surface area (TPSA) is 106 Å². The number of aliphatic imine (C=N–C) groups is 1. The fourth-order valence-electron chi connectivity index (χ4n) is 5.43. The molecule has 40 heavy (non-hydrogen) atoms. The van der Waals surface area contributed by atoms with Crippen molar-refractivity contribution >= 4 is 23.8 Å². The molecule has 2 unspecified atom stereocenters. The number of amides is 2. The number of benzene rings is 2.